The zero-order valence-corrected chi connectivity index (χ0v) is 19.3. The summed E-state index contributed by atoms with van der Waals surface area (Å²) in [5.41, 5.74) is 2.17. The van der Waals surface area contributed by atoms with E-state index in [-0.39, 0.29) is 5.91 Å². The van der Waals surface area contributed by atoms with Crippen LogP contribution in [0.1, 0.15) is 57.4 Å². The van der Waals surface area contributed by atoms with Gasteiger partial charge >= 0.3 is 0 Å². The van der Waals surface area contributed by atoms with E-state index in [1.54, 1.807) is 0 Å². The molecule has 5 nitrogen and oxygen atoms in total. The molecule has 0 radical (unpaired) electrons. The molecule has 2 aliphatic heterocycles. The van der Waals surface area contributed by atoms with Crippen LogP contribution in [0.3, 0.4) is 0 Å². The number of carbonyl (C=O) groups is 1. The Bertz CT molecular complexity index is 951. The van der Waals surface area contributed by atoms with E-state index in [4.69, 9.17) is 4.99 Å². The highest BCUT2D eigenvalue weighted by molar-refractivity contribution is 7.97. The maximum atomic E-state index is 12.8. The molecule has 3 heterocycles. The summed E-state index contributed by atoms with van der Waals surface area (Å²) in [6.45, 7) is 4.23. The molecule has 1 saturated carbocycles. The number of rotatable bonds is 6. The predicted octanol–water partition coefficient (Wildman–Crippen LogP) is 4.94. The molecule has 2 N–H and O–H groups in total. The molecule has 5 rings (SSSR count). The van der Waals surface area contributed by atoms with Crippen molar-refractivity contribution in [2.45, 2.75) is 63.8 Å². The molecular formula is C25H34N4OS. The van der Waals surface area contributed by atoms with E-state index in [1.165, 1.54) is 48.6 Å². The van der Waals surface area contributed by atoms with Crippen LogP contribution in [0.25, 0.3) is 10.9 Å². The third-order valence-corrected chi connectivity index (χ3v) is 8.70. The Kier molecular flexibility index (Phi) is 6.11. The van der Waals surface area contributed by atoms with E-state index in [0.717, 1.165) is 49.9 Å². The van der Waals surface area contributed by atoms with Crippen LogP contribution in [0.4, 0.5) is 0 Å². The largest absolute Gasteiger partial charge is 0.361 e. The van der Waals surface area contributed by atoms with E-state index in [9.17, 15) is 4.79 Å². The third-order valence-electron chi connectivity index (χ3n) is 7.50. The minimum atomic E-state index is -0.487. The summed E-state index contributed by atoms with van der Waals surface area (Å²) in [5, 5.41) is 4.53. The molecule has 1 aromatic heterocycles. The van der Waals surface area contributed by atoms with Gasteiger partial charge in [-0.2, -0.15) is 0 Å². The Morgan fingerprint density at radius 3 is 2.77 bits per heavy atom. The monoisotopic (exact) mass is 438 g/mol. The molecule has 1 aliphatic carbocycles. The smallest absolute Gasteiger partial charge is 0.253 e. The molecule has 0 bridgehead atoms. The first-order chi connectivity index (χ1) is 15.1. The highest BCUT2D eigenvalue weighted by atomic mass is 32.2. The molecule has 2 fully saturated rings. The van der Waals surface area contributed by atoms with Crippen LogP contribution in [0.2, 0.25) is 0 Å². The van der Waals surface area contributed by atoms with Gasteiger partial charge in [-0.05, 0) is 62.1 Å². The molecule has 0 unspecified atom stereocenters. The van der Waals surface area contributed by atoms with Gasteiger partial charge in [0.1, 0.15) is 11.4 Å². The Labute approximate surface area is 189 Å². The first-order valence-electron chi connectivity index (χ1n) is 12.0. The molecule has 0 atom stereocenters. The summed E-state index contributed by atoms with van der Waals surface area (Å²) in [4.78, 5) is 21.1. The first-order valence-corrected chi connectivity index (χ1v) is 12.9. The van der Waals surface area contributed by atoms with Crippen molar-refractivity contribution in [3.8, 4) is 0 Å². The fourth-order valence-corrected chi connectivity index (χ4v) is 6.39. The number of amidine groups is 1. The zero-order valence-electron chi connectivity index (χ0n) is 18.5. The predicted molar refractivity (Wildman–Crippen MR) is 129 cm³/mol. The first kappa shape index (κ1) is 21.1. The number of H-pyrrole nitrogens is 1. The Morgan fingerprint density at radius 1 is 1.16 bits per heavy atom. The number of nitrogens with zero attached hydrogens (tertiary/aromatic N) is 2. The van der Waals surface area contributed by atoms with Gasteiger partial charge in [-0.1, -0.05) is 43.8 Å². The molecule has 31 heavy (non-hydrogen) atoms. The maximum absolute atomic E-state index is 12.8. The van der Waals surface area contributed by atoms with Gasteiger partial charge in [-0.15, -0.1) is 0 Å². The summed E-state index contributed by atoms with van der Waals surface area (Å²) in [6, 6.07) is 8.70. The van der Waals surface area contributed by atoms with Crippen LogP contribution >= 0.6 is 11.9 Å². The highest BCUT2D eigenvalue weighted by Gasteiger charge is 2.47. The number of aliphatic imine (C=N–C) groups is 1. The van der Waals surface area contributed by atoms with Gasteiger partial charge in [-0.3, -0.25) is 14.1 Å². The third kappa shape index (κ3) is 4.42. The number of hydrogen-bond donors (Lipinski definition) is 2. The van der Waals surface area contributed by atoms with Gasteiger partial charge in [0.2, 0.25) is 0 Å². The number of hydrogen-bond acceptors (Lipinski definition) is 4. The van der Waals surface area contributed by atoms with Gasteiger partial charge in [0, 0.05) is 41.9 Å². The molecule has 3 aliphatic rings. The van der Waals surface area contributed by atoms with Crippen molar-refractivity contribution in [2.75, 3.05) is 18.8 Å². The lowest BCUT2D eigenvalue weighted by molar-refractivity contribution is -0.124. The average molecular weight is 439 g/mol. The second-order valence-corrected chi connectivity index (χ2v) is 10.8. The fraction of sp³-hybridized carbons (Fsp3) is 0.600. The van der Waals surface area contributed by atoms with Gasteiger partial charge in [-0.25, -0.2) is 0 Å². The number of aryl methyl sites for hydroxylation is 1. The molecule has 1 aromatic carbocycles. The topological polar surface area (TPSA) is 60.5 Å². The van der Waals surface area contributed by atoms with Crippen LogP contribution in [-0.2, 0) is 11.2 Å². The molecule has 2 aromatic rings. The van der Waals surface area contributed by atoms with Crippen molar-refractivity contribution < 1.29 is 4.79 Å². The van der Waals surface area contributed by atoms with Crippen LogP contribution in [0.15, 0.2) is 35.5 Å². The van der Waals surface area contributed by atoms with Crippen LogP contribution in [-0.4, -0.2) is 45.4 Å². The molecular weight excluding hydrogens is 404 g/mol. The van der Waals surface area contributed by atoms with E-state index >= 15 is 0 Å². The lowest BCUT2D eigenvalue weighted by Gasteiger charge is -2.34. The van der Waals surface area contributed by atoms with Gasteiger partial charge in [0.05, 0.1) is 0 Å². The van der Waals surface area contributed by atoms with Crippen molar-refractivity contribution in [1.82, 2.24) is 14.6 Å². The van der Waals surface area contributed by atoms with E-state index < -0.39 is 5.54 Å². The molecule has 166 valence electrons. The van der Waals surface area contributed by atoms with Crippen molar-refractivity contribution in [3.63, 3.8) is 0 Å². The number of aromatic nitrogens is 1. The molecule has 6 heteroatoms. The van der Waals surface area contributed by atoms with Crippen molar-refractivity contribution in [1.29, 1.82) is 0 Å². The Morgan fingerprint density at radius 2 is 1.97 bits per heavy atom. The maximum Gasteiger partial charge on any atom is 0.253 e. The summed E-state index contributed by atoms with van der Waals surface area (Å²) in [6.07, 6.45) is 10.9. The van der Waals surface area contributed by atoms with E-state index in [2.05, 4.69) is 45.8 Å². The lowest BCUT2D eigenvalue weighted by Crippen LogP contribution is -2.47. The van der Waals surface area contributed by atoms with E-state index in [0.29, 0.717) is 5.92 Å². The van der Waals surface area contributed by atoms with Crippen molar-refractivity contribution in [3.05, 3.63) is 36.0 Å². The second-order valence-electron chi connectivity index (χ2n) is 9.66. The quantitative estimate of drug-likeness (QED) is 0.496. The number of fused-ring (bicyclic) bond motifs is 1. The number of benzene rings is 1. The Hall–Kier alpha value is -1.79. The average Bonchev–Trinajstić information content (AvgIpc) is 3.39. The standard InChI is InChI=1S/C25H34N4OS/c1-18-7-9-20(10-8-18)23-27-24(30)25(28-23)12-15-29(16-13-25)31-17-3-5-19-4-2-6-22-21(19)11-14-26-22/h2,4,6,11,14,18,20,26H,3,5,7-10,12-13,15-17H2,1H3,(H,27,28,30). The van der Waals surface area contributed by atoms with Gasteiger partial charge < -0.3 is 10.3 Å². The van der Waals surface area contributed by atoms with Crippen LogP contribution in [0.5, 0.6) is 0 Å². The van der Waals surface area contributed by atoms with Crippen molar-refractivity contribution in [2.24, 2.45) is 16.8 Å². The summed E-state index contributed by atoms with van der Waals surface area (Å²) < 4.78 is 2.45. The van der Waals surface area contributed by atoms with Crippen LogP contribution in [0, 0.1) is 11.8 Å². The second kappa shape index (κ2) is 8.99. The summed E-state index contributed by atoms with van der Waals surface area (Å²) in [5.74, 6) is 3.56. The lowest BCUT2D eigenvalue weighted by atomic mass is 9.82. The Balaban J connectivity index is 1.09. The number of amides is 1. The molecule has 1 amide bonds. The molecule has 1 spiro atoms. The van der Waals surface area contributed by atoms with Gasteiger partial charge in [0.25, 0.3) is 5.91 Å². The van der Waals surface area contributed by atoms with Crippen molar-refractivity contribution >= 4 is 34.6 Å². The van der Waals surface area contributed by atoms with Crippen LogP contribution < -0.4 is 5.32 Å². The molecule has 1 saturated heterocycles. The SMILES string of the molecule is CC1CCC(C2=NC3(CCN(SCCCc4cccc5[nH]ccc45)CC3)C(=O)N2)CC1. The zero-order chi connectivity index (χ0) is 21.3. The highest BCUT2D eigenvalue weighted by Crippen LogP contribution is 2.36. The summed E-state index contributed by atoms with van der Waals surface area (Å²) >= 11 is 1.94. The van der Waals surface area contributed by atoms with Gasteiger partial charge in [0.15, 0.2) is 0 Å². The number of piperidine rings is 1. The number of carbonyl (C=O) groups excluding carboxylic acids is 1. The minimum absolute atomic E-state index is 0.158. The van der Waals surface area contributed by atoms with E-state index in [1.807, 2.05) is 18.1 Å². The summed E-state index contributed by atoms with van der Waals surface area (Å²) in [7, 11) is 0. The minimum Gasteiger partial charge on any atom is -0.361 e. The number of nitrogens with one attached hydrogen (secondary N) is 2. The number of aromatic amines is 1. The fourth-order valence-electron chi connectivity index (χ4n) is 5.42. The normalized spacial score (nSPS) is 26.4.